The molecule has 0 saturated carbocycles. The van der Waals surface area contributed by atoms with Crippen molar-refractivity contribution in [2.24, 2.45) is 0 Å². The lowest BCUT2D eigenvalue weighted by molar-refractivity contribution is 0.101. The van der Waals surface area contributed by atoms with Crippen LogP contribution in [0.25, 0.3) is 33.7 Å². The number of H-pyrrole nitrogens is 1. The number of hydrogen-bond acceptors (Lipinski definition) is 5. The average molecular weight is 443 g/mol. The third kappa shape index (κ3) is 3.52. The van der Waals surface area contributed by atoms with Gasteiger partial charge in [-0.15, -0.1) is 0 Å². The van der Waals surface area contributed by atoms with Crippen LogP contribution in [0.1, 0.15) is 10.4 Å². The number of aromatic nitrogens is 5. The lowest BCUT2D eigenvalue weighted by Crippen LogP contribution is -2.35. The van der Waals surface area contributed by atoms with E-state index in [-0.39, 0.29) is 11.3 Å². The van der Waals surface area contributed by atoms with E-state index >= 15 is 0 Å². The lowest BCUT2D eigenvalue weighted by Gasteiger charge is -2.13. The van der Waals surface area contributed by atoms with Crippen LogP contribution in [0.4, 0.5) is 0 Å². The number of nitrogens with zero attached hydrogens (tertiary/aromatic N) is 4. The molecule has 0 aliphatic heterocycles. The zero-order chi connectivity index (χ0) is 22.1. The van der Waals surface area contributed by atoms with Gasteiger partial charge in [0.05, 0.1) is 5.56 Å². The van der Waals surface area contributed by atoms with Gasteiger partial charge in [-0.1, -0.05) is 54.1 Å². The van der Waals surface area contributed by atoms with E-state index in [0.29, 0.717) is 27.4 Å². The van der Waals surface area contributed by atoms with Crippen molar-refractivity contribution in [1.29, 1.82) is 0 Å². The van der Waals surface area contributed by atoms with Crippen LogP contribution in [-0.4, -0.2) is 30.7 Å². The molecule has 0 atom stereocenters. The molecule has 9 heteroatoms. The highest BCUT2D eigenvalue weighted by atomic mass is 35.5. The van der Waals surface area contributed by atoms with Crippen molar-refractivity contribution < 1.29 is 4.79 Å². The Kier molecular flexibility index (Phi) is 4.97. The maximum Gasteiger partial charge on any atom is 0.298 e. The first-order valence-electron chi connectivity index (χ1n) is 9.65. The van der Waals surface area contributed by atoms with Crippen molar-refractivity contribution in [3.8, 4) is 22.6 Å². The third-order valence-electron chi connectivity index (χ3n) is 4.87. The Morgan fingerprint density at radius 3 is 2.47 bits per heavy atom. The summed E-state index contributed by atoms with van der Waals surface area (Å²) < 4.78 is 1.12. The summed E-state index contributed by atoms with van der Waals surface area (Å²) in [6.07, 6.45) is 2.98. The highest BCUT2D eigenvalue weighted by molar-refractivity contribution is 6.30. The van der Waals surface area contributed by atoms with Crippen molar-refractivity contribution in [1.82, 2.24) is 24.8 Å². The smallest absolute Gasteiger partial charge is 0.270 e. The van der Waals surface area contributed by atoms with Gasteiger partial charge in [0.1, 0.15) is 11.2 Å². The summed E-state index contributed by atoms with van der Waals surface area (Å²) in [6, 6.07) is 19.5. The van der Waals surface area contributed by atoms with Gasteiger partial charge in [-0.25, -0.2) is 4.98 Å². The van der Waals surface area contributed by atoms with E-state index in [9.17, 15) is 9.59 Å². The third-order valence-corrected chi connectivity index (χ3v) is 5.13. The normalized spacial score (nSPS) is 10.9. The minimum Gasteiger partial charge on any atom is -0.270 e. The lowest BCUT2D eigenvalue weighted by atomic mass is 10.1. The Morgan fingerprint density at radius 1 is 0.969 bits per heavy atom. The molecule has 32 heavy (non-hydrogen) atoms. The molecule has 3 heterocycles. The largest absolute Gasteiger partial charge is 0.298 e. The van der Waals surface area contributed by atoms with E-state index in [1.165, 1.54) is 6.20 Å². The summed E-state index contributed by atoms with van der Waals surface area (Å²) in [5.74, 6) is -0.215. The van der Waals surface area contributed by atoms with E-state index in [0.717, 1.165) is 10.2 Å². The molecule has 0 fully saturated rings. The molecule has 0 aliphatic rings. The number of aromatic amines is 1. The molecule has 1 amide bonds. The fraction of sp³-hybridized carbons (Fsp3) is 0. The van der Waals surface area contributed by atoms with Gasteiger partial charge in [0.2, 0.25) is 0 Å². The first-order chi connectivity index (χ1) is 15.6. The summed E-state index contributed by atoms with van der Waals surface area (Å²) in [4.78, 5) is 34.8. The second kappa shape index (κ2) is 8.09. The quantitative estimate of drug-likeness (QED) is 0.439. The van der Waals surface area contributed by atoms with Gasteiger partial charge in [-0.05, 0) is 24.3 Å². The summed E-state index contributed by atoms with van der Waals surface area (Å²) in [5, 5.41) is 7.65. The van der Waals surface area contributed by atoms with E-state index < -0.39 is 11.5 Å². The molecule has 0 bridgehead atoms. The number of amides is 1. The summed E-state index contributed by atoms with van der Waals surface area (Å²) in [5.41, 5.74) is 4.94. The standard InChI is InChI=1S/C23H15ClN6O2/c24-17-10-8-14(9-11-17)18-19-20(28-27-18)23(32)30(21(26-19)15-5-2-1-3-6-15)29-22(31)16-7-4-12-25-13-16/h1-13H,(H,27,28)(H,29,31). The van der Waals surface area contributed by atoms with Crippen LogP contribution in [0.5, 0.6) is 0 Å². The van der Waals surface area contributed by atoms with Gasteiger partial charge in [0.25, 0.3) is 11.5 Å². The monoisotopic (exact) mass is 442 g/mol. The highest BCUT2D eigenvalue weighted by Gasteiger charge is 2.20. The number of pyridine rings is 1. The Morgan fingerprint density at radius 2 is 1.75 bits per heavy atom. The Labute approximate surface area is 186 Å². The number of rotatable bonds is 4. The van der Waals surface area contributed by atoms with Crippen LogP contribution in [0, 0.1) is 0 Å². The molecule has 5 aromatic rings. The van der Waals surface area contributed by atoms with Crippen LogP contribution >= 0.6 is 11.6 Å². The predicted octanol–water partition coefficient (Wildman–Crippen LogP) is 3.89. The molecule has 0 saturated heterocycles. The fourth-order valence-electron chi connectivity index (χ4n) is 3.31. The summed E-state index contributed by atoms with van der Waals surface area (Å²) in [6.45, 7) is 0. The molecule has 5 rings (SSSR count). The number of nitrogens with one attached hydrogen (secondary N) is 2. The zero-order valence-electron chi connectivity index (χ0n) is 16.5. The van der Waals surface area contributed by atoms with Crippen molar-refractivity contribution in [3.05, 3.63) is 100 Å². The van der Waals surface area contributed by atoms with Crippen molar-refractivity contribution in [2.45, 2.75) is 0 Å². The van der Waals surface area contributed by atoms with Crippen LogP contribution in [-0.2, 0) is 0 Å². The first-order valence-corrected chi connectivity index (χ1v) is 10.0. The van der Waals surface area contributed by atoms with Crippen LogP contribution < -0.4 is 11.0 Å². The van der Waals surface area contributed by atoms with Crippen molar-refractivity contribution >= 4 is 28.5 Å². The van der Waals surface area contributed by atoms with Gasteiger partial charge >= 0.3 is 0 Å². The molecule has 0 unspecified atom stereocenters. The van der Waals surface area contributed by atoms with Gasteiger partial charge in [0.15, 0.2) is 11.3 Å². The van der Waals surface area contributed by atoms with E-state index in [1.54, 1.807) is 42.6 Å². The molecule has 8 nitrogen and oxygen atoms in total. The maximum absolute atomic E-state index is 13.4. The number of carbonyl (C=O) groups is 1. The Balaban J connectivity index is 1.71. The Hall–Kier alpha value is -4.30. The van der Waals surface area contributed by atoms with Crippen LogP contribution in [0.2, 0.25) is 5.02 Å². The van der Waals surface area contributed by atoms with Gasteiger partial charge in [-0.2, -0.15) is 9.77 Å². The highest BCUT2D eigenvalue weighted by Crippen LogP contribution is 2.26. The molecule has 3 aromatic heterocycles. The fourth-order valence-corrected chi connectivity index (χ4v) is 3.44. The minimum atomic E-state index is -0.490. The number of fused-ring (bicyclic) bond motifs is 1. The molecule has 0 aliphatic carbocycles. The molecule has 0 radical (unpaired) electrons. The molecular weight excluding hydrogens is 428 g/mol. The van der Waals surface area contributed by atoms with E-state index in [1.807, 2.05) is 30.3 Å². The SMILES string of the molecule is O=C(Nn1c(-c2ccccc2)nc2c(-c3ccc(Cl)cc3)n[nH]c2c1=O)c1cccnc1. The minimum absolute atomic E-state index is 0.168. The second-order valence-electron chi connectivity index (χ2n) is 6.93. The first kappa shape index (κ1) is 19.7. The summed E-state index contributed by atoms with van der Waals surface area (Å²) in [7, 11) is 0. The van der Waals surface area contributed by atoms with Gasteiger partial charge < -0.3 is 0 Å². The summed E-state index contributed by atoms with van der Waals surface area (Å²) >= 11 is 6.00. The average Bonchev–Trinajstić information content (AvgIpc) is 3.26. The number of halogens is 1. The van der Waals surface area contributed by atoms with Crippen LogP contribution in [0.3, 0.4) is 0 Å². The molecule has 2 N–H and O–H groups in total. The van der Waals surface area contributed by atoms with Gasteiger partial charge in [0, 0.05) is 28.5 Å². The van der Waals surface area contributed by atoms with Crippen molar-refractivity contribution in [3.63, 3.8) is 0 Å². The molecular formula is C23H15ClN6O2. The Bertz CT molecular complexity index is 1480. The zero-order valence-corrected chi connectivity index (χ0v) is 17.2. The topological polar surface area (TPSA) is 106 Å². The number of carbonyl (C=O) groups excluding carboxylic acids is 1. The van der Waals surface area contributed by atoms with E-state index in [2.05, 4.69) is 20.6 Å². The van der Waals surface area contributed by atoms with Crippen molar-refractivity contribution in [2.75, 3.05) is 5.43 Å². The molecule has 2 aromatic carbocycles. The predicted molar refractivity (Wildman–Crippen MR) is 122 cm³/mol. The number of benzene rings is 2. The maximum atomic E-state index is 13.4. The molecule has 156 valence electrons. The van der Waals surface area contributed by atoms with Crippen LogP contribution in [0.15, 0.2) is 83.9 Å². The number of hydrogen-bond donors (Lipinski definition) is 2. The molecule has 0 spiro atoms. The van der Waals surface area contributed by atoms with E-state index in [4.69, 9.17) is 16.6 Å². The second-order valence-corrected chi connectivity index (χ2v) is 7.36. The van der Waals surface area contributed by atoms with Gasteiger partial charge in [-0.3, -0.25) is 25.1 Å².